The number of hydrogen-bond acceptors (Lipinski definition) is 3. The molecule has 0 aliphatic rings. The Morgan fingerprint density at radius 3 is 2.32 bits per heavy atom. The zero-order chi connectivity index (χ0) is 20.3. The van der Waals surface area contributed by atoms with E-state index in [4.69, 9.17) is 22.3 Å². The molecule has 3 aromatic rings. The fourth-order valence-corrected chi connectivity index (χ4v) is 3.16. The summed E-state index contributed by atoms with van der Waals surface area (Å²) in [6.07, 6.45) is 1.51. The highest BCUT2D eigenvalue weighted by Crippen LogP contribution is 2.24. The molecule has 0 aliphatic carbocycles. The number of carbonyl (C=O) groups excluding carboxylic acids is 1. The number of aryl methyl sites for hydroxylation is 1. The second kappa shape index (κ2) is 8.11. The molecule has 0 aliphatic heterocycles. The summed E-state index contributed by atoms with van der Waals surface area (Å²) in [6.45, 7) is 5.74. The highest BCUT2D eigenvalue weighted by Gasteiger charge is 2.26. The lowest BCUT2D eigenvalue weighted by atomic mass is 9.83. The Balaban J connectivity index is 1.90. The van der Waals surface area contributed by atoms with Crippen molar-refractivity contribution in [3.05, 3.63) is 82.1 Å². The average molecular weight is 394 g/mol. The van der Waals surface area contributed by atoms with Crippen molar-refractivity contribution in [2.45, 2.75) is 39.0 Å². The quantitative estimate of drug-likeness (QED) is 0.659. The topological polar surface area (TPSA) is 68.9 Å². The van der Waals surface area contributed by atoms with Crippen molar-refractivity contribution in [1.82, 2.24) is 9.97 Å². The van der Waals surface area contributed by atoms with Crippen LogP contribution in [0.4, 0.5) is 0 Å². The van der Waals surface area contributed by atoms with Gasteiger partial charge >= 0.3 is 0 Å². The molecule has 0 radical (unpaired) electrons. The average Bonchev–Trinajstić information content (AvgIpc) is 2.68. The number of halogens is 1. The number of rotatable bonds is 6. The van der Waals surface area contributed by atoms with Crippen LogP contribution >= 0.6 is 11.6 Å². The van der Waals surface area contributed by atoms with Crippen molar-refractivity contribution in [3.8, 4) is 11.4 Å². The number of amides is 1. The summed E-state index contributed by atoms with van der Waals surface area (Å²) in [7, 11) is 0. The normalized spacial score (nSPS) is 11.4. The van der Waals surface area contributed by atoms with Gasteiger partial charge in [-0.25, -0.2) is 9.97 Å². The number of nitrogens with two attached hydrogens (primary N) is 1. The monoisotopic (exact) mass is 393 g/mol. The third-order valence-corrected chi connectivity index (χ3v) is 5.19. The molecule has 28 heavy (non-hydrogen) atoms. The number of nitrogens with zero attached hydrogens (tertiary/aromatic N) is 2. The first kappa shape index (κ1) is 20.0. The number of carbonyl (C=O) groups is 1. The highest BCUT2D eigenvalue weighted by molar-refractivity contribution is 6.30. The largest absolute Gasteiger partial charge is 0.369 e. The molecule has 0 bridgehead atoms. The van der Waals surface area contributed by atoms with Gasteiger partial charge in [0.05, 0.1) is 5.41 Å². The van der Waals surface area contributed by atoms with E-state index in [1.807, 2.05) is 68.4 Å². The van der Waals surface area contributed by atoms with Crippen LogP contribution in [0.2, 0.25) is 5.02 Å². The first-order valence-electron chi connectivity index (χ1n) is 9.31. The third kappa shape index (κ3) is 4.39. The summed E-state index contributed by atoms with van der Waals surface area (Å²) in [5.74, 6) is 0.345. The fraction of sp³-hybridized carbons (Fsp3) is 0.261. The molecule has 4 nitrogen and oxygen atoms in total. The van der Waals surface area contributed by atoms with Gasteiger partial charge in [0.15, 0.2) is 5.82 Å². The van der Waals surface area contributed by atoms with Crippen molar-refractivity contribution in [3.63, 3.8) is 0 Å². The lowest BCUT2D eigenvalue weighted by Gasteiger charge is -2.21. The molecule has 0 atom stereocenters. The summed E-state index contributed by atoms with van der Waals surface area (Å²) >= 11 is 6.12. The molecule has 2 N–H and O–H groups in total. The first-order valence-corrected chi connectivity index (χ1v) is 9.69. The number of aromatic nitrogens is 2. The summed E-state index contributed by atoms with van der Waals surface area (Å²) in [6, 6.07) is 17.6. The SMILES string of the molecule is CCc1cc(Cc2ccc(C(C)(C)C(N)=O)cc2)nc(-c2cccc(Cl)c2)n1. The minimum atomic E-state index is -0.692. The molecule has 5 heteroatoms. The maximum atomic E-state index is 11.7. The van der Waals surface area contributed by atoms with E-state index < -0.39 is 5.41 Å². The van der Waals surface area contributed by atoms with Crippen LogP contribution in [0.5, 0.6) is 0 Å². The highest BCUT2D eigenvalue weighted by atomic mass is 35.5. The van der Waals surface area contributed by atoms with E-state index in [1.54, 1.807) is 0 Å². The van der Waals surface area contributed by atoms with Crippen molar-refractivity contribution >= 4 is 17.5 Å². The van der Waals surface area contributed by atoms with Crippen molar-refractivity contribution in [1.29, 1.82) is 0 Å². The van der Waals surface area contributed by atoms with Crippen molar-refractivity contribution in [2.75, 3.05) is 0 Å². The number of benzene rings is 2. The van der Waals surface area contributed by atoms with Crippen LogP contribution in [0.15, 0.2) is 54.6 Å². The second-order valence-corrected chi connectivity index (χ2v) is 7.84. The molecule has 0 unspecified atom stereocenters. The molecule has 1 aromatic heterocycles. The Labute approximate surface area is 170 Å². The Kier molecular flexibility index (Phi) is 5.80. The van der Waals surface area contributed by atoms with Gasteiger partial charge in [-0.15, -0.1) is 0 Å². The molecular weight excluding hydrogens is 370 g/mol. The first-order chi connectivity index (χ1) is 13.3. The predicted octanol–water partition coefficient (Wildman–Crippen LogP) is 4.71. The van der Waals surface area contributed by atoms with E-state index >= 15 is 0 Å². The van der Waals surface area contributed by atoms with Crippen molar-refractivity contribution < 1.29 is 4.79 Å². The Morgan fingerprint density at radius 1 is 1.04 bits per heavy atom. The minimum absolute atomic E-state index is 0.338. The van der Waals surface area contributed by atoms with Crippen LogP contribution < -0.4 is 5.73 Å². The Morgan fingerprint density at radius 2 is 1.71 bits per heavy atom. The van der Waals surface area contributed by atoms with Gasteiger partial charge in [0.25, 0.3) is 0 Å². The van der Waals surface area contributed by atoms with E-state index in [1.165, 1.54) is 0 Å². The van der Waals surface area contributed by atoms with E-state index in [2.05, 4.69) is 11.9 Å². The van der Waals surface area contributed by atoms with Crippen LogP contribution in [0, 0.1) is 0 Å². The van der Waals surface area contributed by atoms with Crippen LogP contribution in [-0.4, -0.2) is 15.9 Å². The number of hydrogen-bond donors (Lipinski definition) is 1. The van der Waals surface area contributed by atoms with E-state index in [9.17, 15) is 4.79 Å². The Hall–Kier alpha value is -2.72. The van der Waals surface area contributed by atoms with Crippen LogP contribution in [-0.2, 0) is 23.1 Å². The van der Waals surface area contributed by atoms with Gasteiger partial charge in [-0.05, 0) is 49.6 Å². The van der Waals surface area contributed by atoms with Gasteiger partial charge < -0.3 is 5.73 Å². The molecule has 1 amide bonds. The fourth-order valence-electron chi connectivity index (χ4n) is 2.97. The van der Waals surface area contributed by atoms with Gasteiger partial charge in [0, 0.05) is 28.4 Å². The molecule has 0 spiro atoms. The summed E-state index contributed by atoms with van der Waals surface area (Å²) in [4.78, 5) is 21.1. The lowest BCUT2D eigenvalue weighted by Crippen LogP contribution is -2.35. The molecule has 2 aromatic carbocycles. The lowest BCUT2D eigenvalue weighted by molar-refractivity contribution is -0.122. The predicted molar refractivity (Wildman–Crippen MR) is 113 cm³/mol. The van der Waals surface area contributed by atoms with Crippen LogP contribution in [0.25, 0.3) is 11.4 Å². The maximum absolute atomic E-state index is 11.7. The van der Waals surface area contributed by atoms with Gasteiger partial charge in [-0.3, -0.25) is 4.79 Å². The van der Waals surface area contributed by atoms with Gasteiger partial charge in [-0.2, -0.15) is 0 Å². The molecule has 0 saturated carbocycles. The van der Waals surface area contributed by atoms with E-state index in [-0.39, 0.29) is 5.91 Å². The van der Waals surface area contributed by atoms with Gasteiger partial charge in [-0.1, -0.05) is 54.9 Å². The zero-order valence-corrected chi connectivity index (χ0v) is 17.1. The second-order valence-electron chi connectivity index (χ2n) is 7.40. The number of primary amides is 1. The van der Waals surface area contributed by atoms with Crippen LogP contribution in [0.1, 0.15) is 43.3 Å². The summed E-state index contributed by atoms with van der Waals surface area (Å²) in [5.41, 5.74) is 9.68. The summed E-state index contributed by atoms with van der Waals surface area (Å²) in [5, 5.41) is 0.664. The summed E-state index contributed by atoms with van der Waals surface area (Å²) < 4.78 is 0. The minimum Gasteiger partial charge on any atom is -0.369 e. The van der Waals surface area contributed by atoms with Gasteiger partial charge in [0.1, 0.15) is 0 Å². The van der Waals surface area contributed by atoms with E-state index in [0.29, 0.717) is 17.3 Å². The molecule has 144 valence electrons. The molecule has 1 heterocycles. The van der Waals surface area contributed by atoms with Crippen molar-refractivity contribution in [2.24, 2.45) is 5.73 Å². The smallest absolute Gasteiger partial charge is 0.227 e. The molecule has 3 rings (SSSR count). The molecular formula is C23H24ClN3O. The van der Waals surface area contributed by atoms with Gasteiger partial charge in [0.2, 0.25) is 5.91 Å². The maximum Gasteiger partial charge on any atom is 0.227 e. The Bertz CT molecular complexity index is 997. The third-order valence-electron chi connectivity index (χ3n) is 4.95. The van der Waals surface area contributed by atoms with Crippen LogP contribution in [0.3, 0.4) is 0 Å². The molecule has 0 fully saturated rings. The van der Waals surface area contributed by atoms with E-state index in [0.717, 1.165) is 34.5 Å². The standard InChI is InChI=1S/C23H24ClN3O/c1-4-19-14-20(27-21(26-19)16-6-5-7-18(24)13-16)12-15-8-10-17(11-9-15)23(2,3)22(25)28/h5-11,13-14H,4,12H2,1-3H3,(H2,25,28). The zero-order valence-electron chi connectivity index (χ0n) is 16.4. The molecule has 0 saturated heterocycles.